The Balaban J connectivity index is 2.38. The van der Waals surface area contributed by atoms with Crippen molar-refractivity contribution in [3.05, 3.63) is 16.7 Å². The second-order valence-electron chi connectivity index (χ2n) is 5.13. The predicted molar refractivity (Wildman–Crippen MR) is 85.0 cm³/mol. The number of amides is 1. The maximum absolute atomic E-state index is 12.0. The van der Waals surface area contributed by atoms with Crippen LogP contribution in [-0.4, -0.2) is 34.0 Å². The van der Waals surface area contributed by atoms with Crippen LogP contribution in [0.4, 0.5) is 10.6 Å². The van der Waals surface area contributed by atoms with E-state index in [-0.39, 0.29) is 12.4 Å². The molecule has 1 unspecified atom stereocenters. The summed E-state index contributed by atoms with van der Waals surface area (Å²) in [4.78, 5) is 15.7. The fourth-order valence-corrected chi connectivity index (χ4v) is 2.68. The van der Waals surface area contributed by atoms with E-state index in [1.165, 1.54) is 6.20 Å². The molecule has 0 saturated carbocycles. The highest BCUT2D eigenvalue weighted by atomic mass is 79.9. The molecule has 1 rings (SSSR count). The van der Waals surface area contributed by atoms with E-state index in [2.05, 4.69) is 31.0 Å². The molecule has 9 heteroatoms. The number of nitrogen functional groups attached to an aromatic ring is 1. The van der Waals surface area contributed by atoms with Crippen LogP contribution in [0.1, 0.15) is 20.8 Å². The van der Waals surface area contributed by atoms with Crippen molar-refractivity contribution in [2.24, 2.45) is 0 Å². The van der Waals surface area contributed by atoms with Gasteiger partial charge in [-0.05, 0) is 42.8 Å². The number of anilines is 1. The number of hydrogen-bond acceptors (Lipinski definition) is 5. The van der Waals surface area contributed by atoms with Gasteiger partial charge in [-0.3, -0.25) is 0 Å². The quantitative estimate of drug-likeness (QED) is 0.674. The fourth-order valence-electron chi connectivity index (χ4n) is 1.28. The molecule has 0 saturated heterocycles. The molecule has 1 atom stereocenters. The molecule has 7 nitrogen and oxygen atoms in total. The molecule has 0 aromatic carbocycles. The first-order valence-corrected chi connectivity index (χ1v) is 8.16. The SMILES string of the molecule is CC(C)(C)OC(=O)NCCNS(=O)c1cc(Br)cnc1N. The molecule has 1 aromatic rings. The molecule has 1 amide bonds. The Morgan fingerprint density at radius 3 is 2.76 bits per heavy atom. The van der Waals surface area contributed by atoms with E-state index in [0.29, 0.717) is 15.9 Å². The molecule has 1 heterocycles. The molecule has 0 fully saturated rings. The number of nitrogens with zero attached hydrogens (tertiary/aromatic N) is 1. The van der Waals surface area contributed by atoms with Crippen LogP contribution in [0.2, 0.25) is 0 Å². The van der Waals surface area contributed by atoms with E-state index in [1.807, 2.05) is 0 Å². The average molecular weight is 379 g/mol. The zero-order chi connectivity index (χ0) is 16.0. The van der Waals surface area contributed by atoms with Crippen molar-refractivity contribution in [3.8, 4) is 0 Å². The molecule has 0 aliphatic heterocycles. The van der Waals surface area contributed by atoms with Gasteiger partial charge in [-0.25, -0.2) is 18.7 Å². The Bertz CT molecular complexity index is 534. The van der Waals surface area contributed by atoms with E-state index < -0.39 is 22.7 Å². The molecule has 0 bridgehead atoms. The van der Waals surface area contributed by atoms with Gasteiger partial charge in [0.05, 0.1) is 4.90 Å². The number of pyridine rings is 1. The number of hydrogen-bond donors (Lipinski definition) is 3. The number of ether oxygens (including phenoxy) is 1. The van der Waals surface area contributed by atoms with Gasteiger partial charge in [0, 0.05) is 23.8 Å². The monoisotopic (exact) mass is 378 g/mol. The summed E-state index contributed by atoms with van der Waals surface area (Å²) in [6.45, 7) is 5.93. The number of nitrogens with one attached hydrogen (secondary N) is 2. The summed E-state index contributed by atoms with van der Waals surface area (Å²) in [5.74, 6) is 0.198. The first-order valence-electron chi connectivity index (χ1n) is 6.22. The Hall–Kier alpha value is -1.19. The standard InChI is InChI=1S/C12H19BrN4O3S/c1-12(2,3)20-11(18)15-4-5-17-21(19)9-6-8(13)7-16-10(9)14/h6-7,17H,4-5H2,1-3H3,(H2,14,16)(H,15,18). The third-order valence-corrected chi connectivity index (χ3v) is 3.70. The molecule has 4 N–H and O–H groups in total. The highest BCUT2D eigenvalue weighted by molar-refractivity contribution is 9.10. The van der Waals surface area contributed by atoms with Gasteiger partial charge in [-0.2, -0.15) is 0 Å². The number of carbonyl (C=O) groups excluding carboxylic acids is 1. The van der Waals surface area contributed by atoms with Crippen LogP contribution in [0, 0.1) is 0 Å². The molecular weight excluding hydrogens is 360 g/mol. The lowest BCUT2D eigenvalue weighted by Crippen LogP contribution is -2.36. The Labute approximate surface area is 134 Å². The average Bonchev–Trinajstić information content (AvgIpc) is 2.35. The van der Waals surface area contributed by atoms with Gasteiger partial charge < -0.3 is 15.8 Å². The summed E-state index contributed by atoms with van der Waals surface area (Å²) in [6, 6.07) is 1.63. The lowest BCUT2D eigenvalue weighted by Gasteiger charge is -2.19. The highest BCUT2D eigenvalue weighted by Crippen LogP contribution is 2.17. The molecule has 0 aliphatic carbocycles. The maximum atomic E-state index is 12.0. The summed E-state index contributed by atoms with van der Waals surface area (Å²) in [6.07, 6.45) is 1.01. The Morgan fingerprint density at radius 1 is 1.48 bits per heavy atom. The second kappa shape index (κ2) is 7.71. The number of carbonyl (C=O) groups is 1. The Kier molecular flexibility index (Phi) is 6.56. The van der Waals surface area contributed by atoms with Gasteiger partial charge in [0.25, 0.3) is 0 Å². The van der Waals surface area contributed by atoms with Crippen molar-refractivity contribution in [2.45, 2.75) is 31.3 Å². The number of halogens is 1. The molecule has 0 radical (unpaired) electrons. The predicted octanol–water partition coefficient (Wildman–Crippen LogP) is 1.56. The van der Waals surface area contributed by atoms with Gasteiger partial charge >= 0.3 is 6.09 Å². The summed E-state index contributed by atoms with van der Waals surface area (Å²) >= 11 is 3.24. The minimum Gasteiger partial charge on any atom is -0.444 e. The van der Waals surface area contributed by atoms with Gasteiger partial charge in [0.1, 0.15) is 22.4 Å². The minimum absolute atomic E-state index is 0.198. The zero-order valence-corrected chi connectivity index (χ0v) is 14.5. The lowest BCUT2D eigenvalue weighted by molar-refractivity contribution is 0.0529. The summed E-state index contributed by atoms with van der Waals surface area (Å²) in [7, 11) is -1.50. The van der Waals surface area contributed by atoms with Crippen molar-refractivity contribution >= 4 is 38.8 Å². The fraction of sp³-hybridized carbons (Fsp3) is 0.500. The minimum atomic E-state index is -1.50. The summed E-state index contributed by atoms with van der Waals surface area (Å²) < 4.78 is 20.5. The number of alkyl carbamates (subject to hydrolysis) is 1. The maximum Gasteiger partial charge on any atom is 0.407 e. The van der Waals surface area contributed by atoms with Gasteiger partial charge in [-0.1, -0.05) is 0 Å². The molecule has 0 spiro atoms. The largest absolute Gasteiger partial charge is 0.444 e. The van der Waals surface area contributed by atoms with Crippen LogP contribution in [0.3, 0.4) is 0 Å². The van der Waals surface area contributed by atoms with Crippen LogP contribution in [0.25, 0.3) is 0 Å². The third kappa shape index (κ3) is 6.87. The normalized spacial score (nSPS) is 12.8. The van der Waals surface area contributed by atoms with Gasteiger partial charge in [-0.15, -0.1) is 0 Å². The van der Waals surface area contributed by atoms with Gasteiger partial charge in [0.2, 0.25) is 0 Å². The molecule has 1 aromatic heterocycles. The Morgan fingerprint density at radius 2 is 2.14 bits per heavy atom. The van der Waals surface area contributed by atoms with Crippen LogP contribution in [0.15, 0.2) is 21.6 Å². The van der Waals surface area contributed by atoms with Crippen molar-refractivity contribution in [1.29, 1.82) is 0 Å². The van der Waals surface area contributed by atoms with Crippen molar-refractivity contribution < 1.29 is 13.7 Å². The lowest BCUT2D eigenvalue weighted by atomic mass is 10.2. The zero-order valence-electron chi connectivity index (χ0n) is 12.1. The second-order valence-corrected chi connectivity index (χ2v) is 7.31. The van der Waals surface area contributed by atoms with Crippen LogP contribution >= 0.6 is 15.9 Å². The van der Waals surface area contributed by atoms with E-state index in [1.54, 1.807) is 26.8 Å². The van der Waals surface area contributed by atoms with E-state index >= 15 is 0 Å². The van der Waals surface area contributed by atoms with Crippen LogP contribution < -0.4 is 15.8 Å². The van der Waals surface area contributed by atoms with Crippen molar-refractivity contribution in [1.82, 2.24) is 15.0 Å². The van der Waals surface area contributed by atoms with Gasteiger partial charge in [0.15, 0.2) is 0 Å². The number of rotatable bonds is 5. The van der Waals surface area contributed by atoms with Crippen molar-refractivity contribution in [2.75, 3.05) is 18.8 Å². The first kappa shape index (κ1) is 17.9. The topological polar surface area (TPSA) is 106 Å². The van der Waals surface area contributed by atoms with E-state index in [0.717, 1.165) is 0 Å². The van der Waals surface area contributed by atoms with E-state index in [4.69, 9.17) is 10.5 Å². The summed E-state index contributed by atoms with van der Waals surface area (Å²) in [5.41, 5.74) is 5.11. The number of aromatic nitrogens is 1. The van der Waals surface area contributed by atoms with Crippen molar-refractivity contribution in [3.63, 3.8) is 0 Å². The molecular formula is C12H19BrN4O3S. The third-order valence-electron chi connectivity index (χ3n) is 2.07. The summed E-state index contributed by atoms with van der Waals surface area (Å²) in [5, 5.41) is 2.56. The highest BCUT2D eigenvalue weighted by Gasteiger charge is 2.15. The molecule has 118 valence electrons. The smallest absolute Gasteiger partial charge is 0.407 e. The van der Waals surface area contributed by atoms with Crippen LogP contribution in [0.5, 0.6) is 0 Å². The van der Waals surface area contributed by atoms with E-state index in [9.17, 15) is 9.00 Å². The van der Waals surface area contributed by atoms with Crippen LogP contribution in [-0.2, 0) is 15.7 Å². The molecule has 21 heavy (non-hydrogen) atoms. The number of nitrogens with two attached hydrogens (primary N) is 1. The first-order chi connectivity index (χ1) is 9.69. The molecule has 0 aliphatic rings.